The summed E-state index contributed by atoms with van der Waals surface area (Å²) in [6.45, 7) is 13.0. The molecule has 0 unspecified atom stereocenters. The second-order valence-electron chi connectivity index (χ2n) is 6.23. The lowest BCUT2D eigenvalue weighted by atomic mass is 9.72. The molecule has 0 atom stereocenters. The highest BCUT2D eigenvalue weighted by Gasteiger charge is 2.43. The Bertz CT molecular complexity index is 271. The molecule has 112 valence electrons. The summed E-state index contributed by atoms with van der Waals surface area (Å²) in [6.07, 6.45) is 6.61. The smallest absolute Gasteiger partial charge is 0.156 e. The molecule has 0 aromatic rings. The van der Waals surface area contributed by atoms with Crippen LogP contribution in [0.3, 0.4) is 0 Å². The van der Waals surface area contributed by atoms with E-state index in [1.54, 1.807) is 0 Å². The summed E-state index contributed by atoms with van der Waals surface area (Å²) in [5.41, 5.74) is -0.200. The number of carbonyl (C=O) groups excluding carboxylic acids is 1. The van der Waals surface area contributed by atoms with Gasteiger partial charge in [0.25, 0.3) is 0 Å². The van der Waals surface area contributed by atoms with Crippen molar-refractivity contribution in [2.45, 2.75) is 78.7 Å². The molecule has 2 heteroatoms. The molecular weight excluding hydrogens is 234 g/mol. The molecule has 0 bridgehead atoms. The predicted molar refractivity (Wildman–Crippen MR) is 82.4 cm³/mol. The standard InChI is InChI=1S/C17H33NO/c1-6-17(7-2,18(8-3)9-4)16(19)15-12-10-14(5)11-13-15/h14-15H,6-13H2,1-5H3. The van der Waals surface area contributed by atoms with E-state index in [2.05, 4.69) is 39.5 Å². The van der Waals surface area contributed by atoms with E-state index < -0.39 is 0 Å². The van der Waals surface area contributed by atoms with Gasteiger partial charge < -0.3 is 0 Å². The fourth-order valence-electron chi connectivity index (χ4n) is 3.93. The topological polar surface area (TPSA) is 20.3 Å². The van der Waals surface area contributed by atoms with Gasteiger partial charge in [0, 0.05) is 5.92 Å². The van der Waals surface area contributed by atoms with Crippen molar-refractivity contribution in [2.75, 3.05) is 13.1 Å². The maximum Gasteiger partial charge on any atom is 0.156 e. The minimum Gasteiger partial charge on any atom is -0.297 e. The minimum atomic E-state index is -0.200. The Kier molecular flexibility index (Phi) is 6.52. The van der Waals surface area contributed by atoms with Crippen molar-refractivity contribution in [1.29, 1.82) is 0 Å². The van der Waals surface area contributed by atoms with Crippen LogP contribution in [-0.2, 0) is 4.79 Å². The van der Waals surface area contributed by atoms with Gasteiger partial charge in [-0.25, -0.2) is 0 Å². The van der Waals surface area contributed by atoms with E-state index in [1.165, 1.54) is 12.8 Å². The highest BCUT2D eigenvalue weighted by atomic mass is 16.1. The Morgan fingerprint density at radius 1 is 1.00 bits per heavy atom. The van der Waals surface area contributed by atoms with Crippen molar-refractivity contribution < 1.29 is 4.79 Å². The Hall–Kier alpha value is -0.370. The quantitative estimate of drug-likeness (QED) is 0.686. The molecule has 2 nitrogen and oxygen atoms in total. The van der Waals surface area contributed by atoms with E-state index in [9.17, 15) is 4.79 Å². The van der Waals surface area contributed by atoms with Gasteiger partial charge in [-0.2, -0.15) is 0 Å². The van der Waals surface area contributed by atoms with Gasteiger partial charge in [0.1, 0.15) is 0 Å². The maximum absolute atomic E-state index is 13.1. The number of likely N-dealkylation sites (N-methyl/N-ethyl adjacent to an activating group) is 1. The maximum atomic E-state index is 13.1. The molecule has 0 radical (unpaired) electrons. The fraction of sp³-hybridized carbons (Fsp3) is 0.941. The fourth-order valence-corrected chi connectivity index (χ4v) is 3.93. The molecular formula is C17H33NO. The number of hydrogen-bond acceptors (Lipinski definition) is 2. The van der Waals surface area contributed by atoms with Gasteiger partial charge in [0.05, 0.1) is 5.54 Å². The van der Waals surface area contributed by atoms with E-state index in [4.69, 9.17) is 0 Å². The molecule has 0 amide bonds. The highest BCUT2D eigenvalue weighted by molar-refractivity contribution is 5.90. The molecule has 0 spiro atoms. The van der Waals surface area contributed by atoms with Gasteiger partial charge in [-0.05, 0) is 44.7 Å². The normalized spacial score (nSPS) is 24.7. The Labute approximate surface area is 119 Å². The van der Waals surface area contributed by atoms with E-state index in [0.29, 0.717) is 11.7 Å². The number of nitrogens with zero attached hydrogens (tertiary/aromatic N) is 1. The van der Waals surface area contributed by atoms with Gasteiger partial charge in [0.2, 0.25) is 0 Å². The number of ketones is 1. The van der Waals surface area contributed by atoms with E-state index in [-0.39, 0.29) is 5.54 Å². The SMILES string of the molecule is CCN(CC)C(CC)(CC)C(=O)C1CCC(C)CC1. The Morgan fingerprint density at radius 3 is 1.84 bits per heavy atom. The van der Waals surface area contributed by atoms with Gasteiger partial charge in [-0.15, -0.1) is 0 Å². The Balaban J connectivity index is 2.88. The summed E-state index contributed by atoms with van der Waals surface area (Å²) >= 11 is 0. The molecule has 0 heterocycles. The second-order valence-corrected chi connectivity index (χ2v) is 6.23. The van der Waals surface area contributed by atoms with Crippen LogP contribution in [0.2, 0.25) is 0 Å². The van der Waals surface area contributed by atoms with Gasteiger partial charge in [0.15, 0.2) is 5.78 Å². The molecule has 1 rings (SSSR count). The first kappa shape index (κ1) is 16.7. The van der Waals surface area contributed by atoms with Gasteiger partial charge in [-0.3, -0.25) is 9.69 Å². The average molecular weight is 267 g/mol. The zero-order valence-corrected chi connectivity index (χ0v) is 13.7. The lowest BCUT2D eigenvalue weighted by Gasteiger charge is -2.44. The third kappa shape index (κ3) is 3.39. The van der Waals surface area contributed by atoms with Crippen LogP contribution >= 0.6 is 0 Å². The van der Waals surface area contributed by atoms with Crippen molar-refractivity contribution >= 4 is 5.78 Å². The molecule has 0 aromatic carbocycles. The summed E-state index contributed by atoms with van der Waals surface area (Å²) in [4.78, 5) is 15.5. The van der Waals surface area contributed by atoms with Crippen molar-refractivity contribution in [3.8, 4) is 0 Å². The first-order chi connectivity index (χ1) is 9.05. The number of carbonyl (C=O) groups is 1. The van der Waals surface area contributed by atoms with Crippen LogP contribution in [0.1, 0.15) is 73.1 Å². The highest BCUT2D eigenvalue weighted by Crippen LogP contribution is 2.36. The summed E-state index contributed by atoms with van der Waals surface area (Å²) in [7, 11) is 0. The Morgan fingerprint density at radius 2 is 1.47 bits per heavy atom. The first-order valence-corrected chi connectivity index (χ1v) is 8.34. The molecule has 19 heavy (non-hydrogen) atoms. The minimum absolute atomic E-state index is 0.200. The van der Waals surface area contributed by atoms with Crippen LogP contribution in [-0.4, -0.2) is 29.3 Å². The van der Waals surface area contributed by atoms with Gasteiger partial charge >= 0.3 is 0 Å². The average Bonchev–Trinajstić information content (AvgIpc) is 2.45. The van der Waals surface area contributed by atoms with Crippen LogP contribution < -0.4 is 0 Å². The molecule has 1 aliphatic carbocycles. The van der Waals surface area contributed by atoms with Crippen LogP contribution in [0, 0.1) is 11.8 Å². The van der Waals surface area contributed by atoms with Crippen molar-refractivity contribution in [3.05, 3.63) is 0 Å². The van der Waals surface area contributed by atoms with Crippen molar-refractivity contribution in [3.63, 3.8) is 0 Å². The van der Waals surface area contributed by atoms with E-state index in [0.717, 1.165) is 44.7 Å². The van der Waals surface area contributed by atoms with Crippen LogP contribution in [0.4, 0.5) is 0 Å². The second kappa shape index (κ2) is 7.42. The zero-order valence-electron chi connectivity index (χ0n) is 13.7. The molecule has 0 saturated heterocycles. The summed E-state index contributed by atoms with van der Waals surface area (Å²) in [6, 6.07) is 0. The van der Waals surface area contributed by atoms with E-state index in [1.807, 2.05) is 0 Å². The predicted octanol–water partition coefficient (Wildman–Crippen LogP) is 4.28. The van der Waals surface area contributed by atoms with E-state index >= 15 is 0 Å². The molecule has 0 aliphatic heterocycles. The van der Waals surface area contributed by atoms with Crippen molar-refractivity contribution in [2.24, 2.45) is 11.8 Å². The lowest BCUT2D eigenvalue weighted by Crippen LogP contribution is -2.56. The largest absolute Gasteiger partial charge is 0.297 e. The lowest BCUT2D eigenvalue weighted by molar-refractivity contribution is -0.137. The van der Waals surface area contributed by atoms with Crippen LogP contribution in [0.25, 0.3) is 0 Å². The van der Waals surface area contributed by atoms with Crippen LogP contribution in [0.5, 0.6) is 0 Å². The molecule has 1 fully saturated rings. The van der Waals surface area contributed by atoms with Gasteiger partial charge in [-0.1, -0.05) is 47.5 Å². The summed E-state index contributed by atoms with van der Waals surface area (Å²) in [5, 5.41) is 0. The molecule has 0 aromatic heterocycles. The first-order valence-electron chi connectivity index (χ1n) is 8.34. The number of Topliss-reactive ketones (excluding diaryl/α,β-unsaturated/α-hetero) is 1. The summed E-state index contributed by atoms with van der Waals surface area (Å²) in [5.74, 6) is 1.67. The molecule has 0 N–H and O–H groups in total. The zero-order chi connectivity index (χ0) is 14.5. The molecule has 1 aliphatic rings. The number of hydrogen-bond donors (Lipinski definition) is 0. The van der Waals surface area contributed by atoms with Crippen molar-refractivity contribution in [1.82, 2.24) is 4.90 Å². The number of rotatable bonds is 7. The summed E-state index contributed by atoms with van der Waals surface area (Å²) < 4.78 is 0. The third-order valence-corrected chi connectivity index (χ3v) is 5.38. The van der Waals surface area contributed by atoms with Crippen LogP contribution in [0.15, 0.2) is 0 Å². The monoisotopic (exact) mass is 267 g/mol. The molecule has 1 saturated carbocycles. The third-order valence-electron chi connectivity index (χ3n) is 5.38.